The third-order valence-corrected chi connectivity index (χ3v) is 4.94. The number of hydrogen-bond donors (Lipinski definition) is 1. The highest BCUT2D eigenvalue weighted by Gasteiger charge is 2.38. The predicted octanol–water partition coefficient (Wildman–Crippen LogP) is 2.40. The van der Waals surface area contributed by atoms with Crippen molar-refractivity contribution in [2.45, 2.75) is 37.8 Å². The van der Waals surface area contributed by atoms with Crippen LogP contribution in [0.2, 0.25) is 0 Å². The lowest BCUT2D eigenvalue weighted by molar-refractivity contribution is -0.140. The zero-order valence-corrected chi connectivity index (χ0v) is 15.2. The molecule has 3 rings (SSSR count). The number of carbonyl (C=O) groups is 1. The topological polar surface area (TPSA) is 49.6 Å². The van der Waals surface area contributed by atoms with E-state index in [0.717, 1.165) is 25.2 Å². The molecule has 2 unspecified atom stereocenters. The maximum atomic E-state index is 12.9. The molecule has 130 valence electrons. The molecule has 0 aromatic heterocycles. The van der Waals surface area contributed by atoms with E-state index in [1.807, 2.05) is 42.2 Å². The van der Waals surface area contributed by atoms with Gasteiger partial charge in [0.2, 0.25) is 5.91 Å². The Morgan fingerprint density at radius 3 is 2.52 bits per heavy atom. The summed E-state index contributed by atoms with van der Waals surface area (Å²) in [6, 6.07) is 10.2. The molecule has 1 amide bonds. The fraction of sp³-hybridized carbons (Fsp3) is 0.588. The van der Waals surface area contributed by atoms with Gasteiger partial charge in [0.25, 0.3) is 0 Å². The van der Waals surface area contributed by atoms with Gasteiger partial charge in [0.15, 0.2) is 0 Å². The summed E-state index contributed by atoms with van der Waals surface area (Å²) in [5.74, 6) is 0.0546. The summed E-state index contributed by atoms with van der Waals surface area (Å²) < 4.78 is 0. The van der Waals surface area contributed by atoms with Crippen molar-refractivity contribution in [2.24, 2.45) is 5.73 Å². The first kappa shape index (κ1) is 20.2. The number of benzene rings is 1. The summed E-state index contributed by atoms with van der Waals surface area (Å²) in [7, 11) is 0. The van der Waals surface area contributed by atoms with E-state index in [2.05, 4.69) is 4.90 Å². The van der Waals surface area contributed by atoms with Gasteiger partial charge in [-0.05, 0) is 31.9 Å². The molecule has 23 heavy (non-hydrogen) atoms. The van der Waals surface area contributed by atoms with Crippen molar-refractivity contribution in [1.82, 2.24) is 9.80 Å². The molecule has 0 radical (unpaired) electrons. The number of rotatable bonds is 2. The van der Waals surface area contributed by atoms with Crippen LogP contribution in [-0.2, 0) is 10.3 Å². The van der Waals surface area contributed by atoms with E-state index >= 15 is 0 Å². The Balaban J connectivity index is 0.00000132. The summed E-state index contributed by atoms with van der Waals surface area (Å²) in [5.41, 5.74) is 6.33. The number of halogens is 2. The van der Waals surface area contributed by atoms with Gasteiger partial charge in [-0.1, -0.05) is 36.8 Å². The number of piperidine rings is 1. The van der Waals surface area contributed by atoms with Crippen LogP contribution in [0, 0.1) is 0 Å². The number of nitrogens with zero attached hydrogens (tertiary/aromatic N) is 2. The summed E-state index contributed by atoms with van der Waals surface area (Å²) in [6.45, 7) is 5.64. The molecule has 2 aliphatic heterocycles. The summed E-state index contributed by atoms with van der Waals surface area (Å²) in [5, 5.41) is 0. The van der Waals surface area contributed by atoms with Crippen LogP contribution >= 0.6 is 24.8 Å². The van der Waals surface area contributed by atoms with Crippen LogP contribution in [0.4, 0.5) is 0 Å². The smallest absolute Gasteiger partial charge is 0.247 e. The molecule has 2 fully saturated rings. The minimum absolute atomic E-state index is 0. The van der Waals surface area contributed by atoms with E-state index in [0.29, 0.717) is 6.04 Å². The van der Waals surface area contributed by atoms with Gasteiger partial charge in [-0.25, -0.2) is 0 Å². The normalized spacial score (nSPS) is 23.7. The summed E-state index contributed by atoms with van der Waals surface area (Å²) in [6.07, 6.45) is 3.78. The lowest BCUT2D eigenvalue weighted by atomic mass is 9.90. The van der Waals surface area contributed by atoms with Crippen LogP contribution in [0.3, 0.4) is 0 Å². The molecule has 0 spiro atoms. The van der Waals surface area contributed by atoms with E-state index in [1.54, 1.807) is 0 Å². The molecular weight excluding hydrogens is 333 g/mol. The van der Waals surface area contributed by atoms with Crippen molar-refractivity contribution in [3.63, 3.8) is 0 Å². The fourth-order valence-electron chi connectivity index (χ4n) is 3.58. The number of amides is 1. The van der Waals surface area contributed by atoms with Crippen molar-refractivity contribution in [3.8, 4) is 0 Å². The van der Waals surface area contributed by atoms with Crippen LogP contribution in [-0.4, -0.2) is 47.9 Å². The van der Waals surface area contributed by atoms with E-state index in [-0.39, 0.29) is 30.7 Å². The van der Waals surface area contributed by atoms with Gasteiger partial charge in [0.1, 0.15) is 5.54 Å². The van der Waals surface area contributed by atoms with Crippen LogP contribution in [0.25, 0.3) is 0 Å². The standard InChI is InChI=1S/C17H25N3O.2ClH/c1-17(18,14-7-3-2-4-8-14)16(21)20-12-11-19-10-6-5-9-15(19)13-20;;/h2-4,7-8,15H,5-6,9-13,18H2,1H3;2*1H. The number of fused-ring (bicyclic) bond motifs is 1. The average Bonchev–Trinajstić information content (AvgIpc) is 2.54. The molecule has 1 aromatic rings. The van der Waals surface area contributed by atoms with Crippen molar-refractivity contribution in [3.05, 3.63) is 35.9 Å². The Labute approximate surface area is 151 Å². The van der Waals surface area contributed by atoms with Gasteiger partial charge in [-0.15, -0.1) is 24.8 Å². The largest absolute Gasteiger partial charge is 0.338 e. The first-order valence-electron chi connectivity index (χ1n) is 7.97. The first-order chi connectivity index (χ1) is 10.1. The summed E-state index contributed by atoms with van der Waals surface area (Å²) >= 11 is 0. The molecule has 2 N–H and O–H groups in total. The average molecular weight is 360 g/mol. The Kier molecular flexibility index (Phi) is 7.33. The van der Waals surface area contributed by atoms with E-state index in [1.165, 1.54) is 25.8 Å². The lowest BCUT2D eigenvalue weighted by Gasteiger charge is -2.45. The van der Waals surface area contributed by atoms with Crippen molar-refractivity contribution >= 4 is 30.7 Å². The molecule has 0 bridgehead atoms. The number of nitrogens with two attached hydrogens (primary N) is 1. The van der Waals surface area contributed by atoms with Gasteiger partial charge in [0.05, 0.1) is 0 Å². The molecular formula is C17H27Cl2N3O. The second kappa shape index (κ2) is 8.34. The van der Waals surface area contributed by atoms with Crippen molar-refractivity contribution < 1.29 is 4.79 Å². The Hall–Kier alpha value is -0.810. The zero-order chi connectivity index (χ0) is 14.9. The predicted molar refractivity (Wildman–Crippen MR) is 98.3 cm³/mol. The van der Waals surface area contributed by atoms with E-state index in [4.69, 9.17) is 5.73 Å². The SMILES string of the molecule is CC(N)(C(=O)N1CCN2CCCCC2C1)c1ccccc1.Cl.Cl. The Bertz CT molecular complexity index is 510. The number of carbonyl (C=O) groups excluding carboxylic acids is 1. The number of piperazine rings is 1. The number of hydrogen-bond acceptors (Lipinski definition) is 3. The highest BCUT2D eigenvalue weighted by atomic mass is 35.5. The van der Waals surface area contributed by atoms with Crippen LogP contribution in [0.1, 0.15) is 31.7 Å². The van der Waals surface area contributed by atoms with E-state index < -0.39 is 5.54 Å². The monoisotopic (exact) mass is 359 g/mol. The fourth-order valence-corrected chi connectivity index (χ4v) is 3.58. The second-order valence-corrected chi connectivity index (χ2v) is 6.51. The molecule has 0 aliphatic carbocycles. The molecule has 0 saturated carbocycles. The second-order valence-electron chi connectivity index (χ2n) is 6.51. The summed E-state index contributed by atoms with van der Waals surface area (Å²) in [4.78, 5) is 17.4. The highest BCUT2D eigenvalue weighted by Crippen LogP contribution is 2.25. The van der Waals surface area contributed by atoms with Gasteiger partial charge >= 0.3 is 0 Å². The molecule has 4 nitrogen and oxygen atoms in total. The minimum Gasteiger partial charge on any atom is -0.338 e. The Morgan fingerprint density at radius 1 is 1.13 bits per heavy atom. The zero-order valence-electron chi connectivity index (χ0n) is 13.6. The van der Waals surface area contributed by atoms with Crippen LogP contribution in [0.15, 0.2) is 30.3 Å². The molecule has 2 heterocycles. The quantitative estimate of drug-likeness (QED) is 0.881. The van der Waals surface area contributed by atoms with E-state index in [9.17, 15) is 4.79 Å². The van der Waals surface area contributed by atoms with Gasteiger partial charge in [-0.2, -0.15) is 0 Å². The van der Waals surface area contributed by atoms with Crippen LogP contribution in [0.5, 0.6) is 0 Å². The van der Waals surface area contributed by atoms with Gasteiger partial charge in [-0.3, -0.25) is 9.69 Å². The van der Waals surface area contributed by atoms with Gasteiger partial charge < -0.3 is 10.6 Å². The highest BCUT2D eigenvalue weighted by molar-refractivity contribution is 5.87. The molecule has 1 aromatic carbocycles. The maximum absolute atomic E-state index is 12.9. The lowest BCUT2D eigenvalue weighted by Crippen LogP contribution is -2.60. The molecule has 2 atom stereocenters. The molecule has 2 aliphatic rings. The third-order valence-electron chi connectivity index (χ3n) is 4.94. The maximum Gasteiger partial charge on any atom is 0.247 e. The third kappa shape index (κ3) is 4.18. The Morgan fingerprint density at radius 2 is 1.83 bits per heavy atom. The van der Waals surface area contributed by atoms with Crippen LogP contribution < -0.4 is 5.73 Å². The minimum atomic E-state index is -0.932. The molecule has 2 saturated heterocycles. The van der Waals surface area contributed by atoms with Crippen molar-refractivity contribution in [2.75, 3.05) is 26.2 Å². The first-order valence-corrected chi connectivity index (χ1v) is 7.97. The molecule has 6 heteroatoms. The van der Waals surface area contributed by atoms with Gasteiger partial charge in [0, 0.05) is 25.7 Å². The van der Waals surface area contributed by atoms with Crippen molar-refractivity contribution in [1.29, 1.82) is 0 Å².